The molecule has 0 fully saturated rings. The van der Waals surface area contributed by atoms with Gasteiger partial charge >= 0.3 is 11.9 Å². The summed E-state index contributed by atoms with van der Waals surface area (Å²) < 4.78 is 5.19. The van der Waals surface area contributed by atoms with E-state index in [4.69, 9.17) is 10.5 Å². The Bertz CT molecular complexity index is 723. The van der Waals surface area contributed by atoms with E-state index in [1.807, 2.05) is 24.3 Å². The molecule has 7 heteroatoms. The molecule has 0 saturated carbocycles. The Labute approximate surface area is 179 Å². The molecular formula is C23H36N2O5. The molecule has 4 N–H and O–H groups in total. The van der Waals surface area contributed by atoms with Gasteiger partial charge in [-0.15, -0.1) is 0 Å². The van der Waals surface area contributed by atoms with Crippen LogP contribution in [0.15, 0.2) is 24.3 Å². The van der Waals surface area contributed by atoms with Crippen LogP contribution in [0.1, 0.15) is 77.3 Å². The summed E-state index contributed by atoms with van der Waals surface area (Å²) in [4.78, 5) is 35.8. The second kappa shape index (κ2) is 11.7. The Hall–Kier alpha value is -2.41. The van der Waals surface area contributed by atoms with Gasteiger partial charge in [0, 0.05) is 12.8 Å². The third-order valence-corrected chi connectivity index (χ3v) is 4.88. The van der Waals surface area contributed by atoms with E-state index >= 15 is 0 Å². The summed E-state index contributed by atoms with van der Waals surface area (Å²) in [6, 6.07) is 5.73. The fourth-order valence-electron chi connectivity index (χ4n) is 3.25. The van der Waals surface area contributed by atoms with E-state index in [9.17, 15) is 19.5 Å². The van der Waals surface area contributed by atoms with Crippen LogP contribution in [0, 0.1) is 0 Å². The number of hydrogen-bond donors (Lipinski definition) is 3. The number of carboxylic acid groups (broad SMARTS) is 1. The van der Waals surface area contributed by atoms with Crippen molar-refractivity contribution in [1.29, 1.82) is 0 Å². The van der Waals surface area contributed by atoms with Crippen molar-refractivity contribution in [3.8, 4) is 0 Å². The third-order valence-electron chi connectivity index (χ3n) is 4.88. The number of carboxylic acids is 1. The number of carbonyl (C=O) groups excluding carboxylic acids is 2. The van der Waals surface area contributed by atoms with Gasteiger partial charge in [-0.2, -0.15) is 0 Å². The SMILES string of the molecule is CCC(CC)c1cccc(C[C@H](NC(=O)[C@@H](N)CCC(=O)OC(C)(C)C)C(=O)O)c1. The van der Waals surface area contributed by atoms with E-state index in [1.165, 1.54) is 5.56 Å². The molecule has 0 aliphatic rings. The Morgan fingerprint density at radius 3 is 2.33 bits per heavy atom. The van der Waals surface area contributed by atoms with E-state index < -0.39 is 35.5 Å². The van der Waals surface area contributed by atoms with Gasteiger partial charge in [0.1, 0.15) is 11.6 Å². The highest BCUT2D eigenvalue weighted by Crippen LogP contribution is 2.24. The largest absolute Gasteiger partial charge is 0.480 e. The Balaban J connectivity index is 2.71. The molecule has 0 heterocycles. The summed E-state index contributed by atoms with van der Waals surface area (Å²) in [6.07, 6.45) is 2.24. The van der Waals surface area contributed by atoms with Crippen LogP contribution in [0.5, 0.6) is 0 Å². The molecule has 0 saturated heterocycles. The average Bonchev–Trinajstić information content (AvgIpc) is 2.65. The number of ether oxygens (including phenoxy) is 1. The molecule has 0 radical (unpaired) electrons. The van der Waals surface area contributed by atoms with Gasteiger partial charge in [0.05, 0.1) is 6.04 Å². The van der Waals surface area contributed by atoms with Crippen molar-refractivity contribution in [3.63, 3.8) is 0 Å². The van der Waals surface area contributed by atoms with E-state index in [-0.39, 0.29) is 19.3 Å². The fourth-order valence-corrected chi connectivity index (χ4v) is 3.25. The molecule has 0 bridgehead atoms. The van der Waals surface area contributed by atoms with Gasteiger partial charge in [0.15, 0.2) is 0 Å². The summed E-state index contributed by atoms with van der Waals surface area (Å²) >= 11 is 0. The lowest BCUT2D eigenvalue weighted by Gasteiger charge is -2.21. The average molecular weight is 421 g/mol. The molecule has 0 aliphatic heterocycles. The highest BCUT2D eigenvalue weighted by Gasteiger charge is 2.25. The van der Waals surface area contributed by atoms with E-state index in [2.05, 4.69) is 19.2 Å². The first-order valence-corrected chi connectivity index (χ1v) is 10.6. The molecule has 1 rings (SSSR count). The van der Waals surface area contributed by atoms with Gasteiger partial charge in [0.2, 0.25) is 5.91 Å². The van der Waals surface area contributed by atoms with Crippen molar-refractivity contribution in [2.24, 2.45) is 5.73 Å². The first kappa shape index (κ1) is 25.6. The molecule has 1 aromatic rings. The minimum absolute atomic E-state index is 0.0128. The summed E-state index contributed by atoms with van der Waals surface area (Å²) in [5.41, 5.74) is 7.26. The first-order chi connectivity index (χ1) is 14.0. The smallest absolute Gasteiger partial charge is 0.326 e. The molecule has 30 heavy (non-hydrogen) atoms. The zero-order valence-corrected chi connectivity index (χ0v) is 18.7. The first-order valence-electron chi connectivity index (χ1n) is 10.6. The normalized spacial score (nSPS) is 13.6. The molecule has 1 amide bonds. The molecule has 168 valence electrons. The van der Waals surface area contributed by atoms with Crippen molar-refractivity contribution in [1.82, 2.24) is 5.32 Å². The lowest BCUT2D eigenvalue weighted by atomic mass is 9.91. The molecule has 0 spiro atoms. The lowest BCUT2D eigenvalue weighted by molar-refractivity contribution is -0.155. The predicted molar refractivity (Wildman–Crippen MR) is 116 cm³/mol. The molecular weight excluding hydrogens is 384 g/mol. The number of amides is 1. The van der Waals surface area contributed by atoms with E-state index in [1.54, 1.807) is 20.8 Å². The maximum Gasteiger partial charge on any atom is 0.326 e. The van der Waals surface area contributed by atoms with Gasteiger partial charge in [-0.05, 0) is 57.1 Å². The molecule has 7 nitrogen and oxygen atoms in total. The van der Waals surface area contributed by atoms with Crippen LogP contribution in [0.25, 0.3) is 0 Å². The van der Waals surface area contributed by atoms with E-state index in [0.717, 1.165) is 18.4 Å². The van der Waals surface area contributed by atoms with Crippen molar-refractivity contribution >= 4 is 17.8 Å². The number of esters is 1. The number of hydrogen-bond acceptors (Lipinski definition) is 5. The number of rotatable bonds is 11. The number of carbonyl (C=O) groups is 3. The minimum atomic E-state index is -1.13. The summed E-state index contributed by atoms with van der Waals surface area (Å²) in [5, 5.41) is 12.0. The monoisotopic (exact) mass is 420 g/mol. The maximum atomic E-state index is 12.4. The standard InChI is InChI=1S/C23H36N2O5/c1-6-16(7-2)17-10-8-9-15(13-17)14-19(22(28)29)25-21(27)18(24)11-12-20(26)30-23(3,4)5/h8-10,13,16,18-19H,6-7,11-12,14,24H2,1-5H3,(H,25,27)(H,28,29)/t18-,19-/m0/s1. The number of benzene rings is 1. The lowest BCUT2D eigenvalue weighted by Crippen LogP contribution is -2.49. The van der Waals surface area contributed by atoms with Gasteiger partial charge in [-0.1, -0.05) is 38.1 Å². The quantitative estimate of drug-likeness (QED) is 0.473. The van der Waals surface area contributed by atoms with Crippen LogP contribution in [0.4, 0.5) is 0 Å². The highest BCUT2D eigenvalue weighted by atomic mass is 16.6. The predicted octanol–water partition coefficient (Wildman–Crippen LogP) is 3.15. The van der Waals surface area contributed by atoms with Gasteiger partial charge in [0.25, 0.3) is 0 Å². The second-order valence-electron chi connectivity index (χ2n) is 8.59. The van der Waals surface area contributed by atoms with Crippen molar-refractivity contribution in [3.05, 3.63) is 35.4 Å². The zero-order chi connectivity index (χ0) is 22.9. The summed E-state index contributed by atoms with van der Waals surface area (Å²) in [6.45, 7) is 9.52. The van der Waals surface area contributed by atoms with Gasteiger partial charge in [-0.25, -0.2) is 4.79 Å². The highest BCUT2D eigenvalue weighted by molar-refractivity contribution is 5.87. The summed E-state index contributed by atoms with van der Waals surface area (Å²) in [7, 11) is 0. The fraction of sp³-hybridized carbons (Fsp3) is 0.609. The Kier molecular flexibility index (Phi) is 9.99. The van der Waals surface area contributed by atoms with E-state index in [0.29, 0.717) is 5.92 Å². The van der Waals surface area contributed by atoms with Crippen LogP contribution >= 0.6 is 0 Å². The molecule has 0 unspecified atom stereocenters. The minimum Gasteiger partial charge on any atom is -0.480 e. The second-order valence-corrected chi connectivity index (χ2v) is 8.59. The van der Waals surface area contributed by atoms with Gasteiger partial charge < -0.3 is 20.9 Å². The Morgan fingerprint density at radius 2 is 1.80 bits per heavy atom. The van der Waals surface area contributed by atoms with Crippen LogP contribution in [-0.2, 0) is 25.5 Å². The zero-order valence-electron chi connectivity index (χ0n) is 18.7. The molecule has 0 aromatic heterocycles. The molecule has 2 atom stereocenters. The number of nitrogens with two attached hydrogens (primary N) is 1. The Morgan fingerprint density at radius 1 is 1.17 bits per heavy atom. The van der Waals surface area contributed by atoms with Crippen LogP contribution in [-0.4, -0.2) is 40.6 Å². The van der Waals surface area contributed by atoms with Crippen LogP contribution in [0.3, 0.4) is 0 Å². The van der Waals surface area contributed by atoms with Crippen molar-refractivity contribution < 1.29 is 24.2 Å². The van der Waals surface area contributed by atoms with Gasteiger partial charge in [-0.3, -0.25) is 9.59 Å². The third kappa shape index (κ3) is 8.95. The molecule has 1 aromatic carbocycles. The molecule has 0 aliphatic carbocycles. The van der Waals surface area contributed by atoms with Crippen LogP contribution < -0.4 is 11.1 Å². The summed E-state index contributed by atoms with van der Waals surface area (Å²) in [5.74, 6) is -1.75. The number of aliphatic carboxylic acids is 1. The topological polar surface area (TPSA) is 119 Å². The van der Waals surface area contributed by atoms with Crippen molar-refractivity contribution in [2.45, 2.75) is 90.3 Å². The number of nitrogens with one attached hydrogen (secondary N) is 1. The van der Waals surface area contributed by atoms with Crippen molar-refractivity contribution in [2.75, 3.05) is 0 Å². The van der Waals surface area contributed by atoms with Crippen LogP contribution in [0.2, 0.25) is 0 Å². The maximum absolute atomic E-state index is 12.4.